The molecule has 0 atom stereocenters. The van der Waals surface area contributed by atoms with Gasteiger partial charge in [-0.1, -0.05) is 6.08 Å². The summed E-state index contributed by atoms with van der Waals surface area (Å²) in [6.07, 6.45) is 1.38. The molecule has 0 spiro atoms. The van der Waals surface area contributed by atoms with Crippen molar-refractivity contribution in [2.75, 3.05) is 6.61 Å². The molecule has 1 heterocycles. The van der Waals surface area contributed by atoms with Gasteiger partial charge >= 0.3 is 0 Å². The van der Waals surface area contributed by atoms with Crippen LogP contribution < -0.4 is 0 Å². The quantitative estimate of drug-likeness (QED) is 0.347. The summed E-state index contributed by atoms with van der Waals surface area (Å²) in [7, 11) is 0. The zero-order chi connectivity index (χ0) is 13.3. The molecule has 1 aliphatic rings. The van der Waals surface area contributed by atoms with Gasteiger partial charge in [-0.2, -0.15) is 0 Å². The monoisotopic (exact) mass is 248 g/mol. The second-order valence-electron chi connectivity index (χ2n) is 3.48. The lowest BCUT2D eigenvalue weighted by atomic mass is 10.1. The van der Waals surface area contributed by atoms with Crippen LogP contribution in [-0.4, -0.2) is 28.4 Å². The van der Waals surface area contributed by atoms with Crippen molar-refractivity contribution in [3.05, 3.63) is 52.1 Å². The Bertz CT molecular complexity index is 567. The van der Waals surface area contributed by atoms with Crippen molar-refractivity contribution >= 4 is 17.5 Å². The van der Waals surface area contributed by atoms with Gasteiger partial charge in [-0.3, -0.25) is 24.5 Å². The fourth-order valence-electron chi connectivity index (χ4n) is 1.56. The van der Waals surface area contributed by atoms with Crippen molar-refractivity contribution in [2.45, 2.75) is 0 Å². The van der Waals surface area contributed by atoms with Crippen molar-refractivity contribution in [3.63, 3.8) is 0 Å². The number of imide groups is 1. The standard InChI is InChI=1S/C11H8N2O5/c1-2-5-18-12-10(14)8-4-3-7(13(16)17)6-9(8)11(12)15/h2-4,6H,1,5H2. The van der Waals surface area contributed by atoms with Crippen LogP contribution in [0.3, 0.4) is 0 Å². The molecule has 0 N–H and O–H groups in total. The largest absolute Gasteiger partial charge is 0.286 e. The molecule has 0 radical (unpaired) electrons. The van der Waals surface area contributed by atoms with E-state index in [4.69, 9.17) is 4.84 Å². The topological polar surface area (TPSA) is 89.8 Å². The molecule has 1 aromatic rings. The van der Waals surface area contributed by atoms with Gasteiger partial charge in [0.05, 0.1) is 22.7 Å². The lowest BCUT2D eigenvalue weighted by Crippen LogP contribution is -2.29. The third-order valence-electron chi connectivity index (χ3n) is 2.37. The number of nitrogens with zero attached hydrogens (tertiary/aromatic N) is 2. The first-order valence-corrected chi connectivity index (χ1v) is 4.97. The van der Waals surface area contributed by atoms with E-state index in [0.717, 1.165) is 6.07 Å². The molecule has 0 bridgehead atoms. The Hall–Kier alpha value is -2.54. The number of benzene rings is 1. The van der Waals surface area contributed by atoms with Gasteiger partial charge < -0.3 is 0 Å². The van der Waals surface area contributed by atoms with E-state index >= 15 is 0 Å². The zero-order valence-corrected chi connectivity index (χ0v) is 9.16. The maximum absolute atomic E-state index is 11.8. The number of nitro benzene ring substituents is 1. The summed E-state index contributed by atoms with van der Waals surface area (Å²) in [6, 6.07) is 3.47. The minimum atomic E-state index is -0.708. The molecule has 18 heavy (non-hydrogen) atoms. The fourth-order valence-corrected chi connectivity index (χ4v) is 1.56. The molecular formula is C11H8N2O5. The number of non-ortho nitro benzene ring substituents is 1. The van der Waals surface area contributed by atoms with Crippen molar-refractivity contribution in [3.8, 4) is 0 Å². The Morgan fingerprint density at radius 1 is 1.33 bits per heavy atom. The van der Waals surface area contributed by atoms with Gasteiger partial charge in [0.15, 0.2) is 0 Å². The lowest BCUT2D eigenvalue weighted by molar-refractivity contribution is -0.384. The van der Waals surface area contributed by atoms with Gasteiger partial charge in [-0.05, 0) is 6.07 Å². The molecule has 2 rings (SSSR count). The molecule has 0 saturated carbocycles. The van der Waals surface area contributed by atoms with Gasteiger partial charge in [0.2, 0.25) is 0 Å². The number of carbonyl (C=O) groups is 2. The normalized spacial score (nSPS) is 13.7. The van der Waals surface area contributed by atoms with Crippen LogP contribution in [0.2, 0.25) is 0 Å². The fraction of sp³-hybridized carbons (Fsp3) is 0.0909. The summed E-state index contributed by atoms with van der Waals surface area (Å²) in [5.74, 6) is -1.34. The summed E-state index contributed by atoms with van der Waals surface area (Å²) in [4.78, 5) is 38.4. The first kappa shape index (κ1) is 11.9. The van der Waals surface area contributed by atoms with E-state index in [-0.39, 0.29) is 23.4 Å². The highest BCUT2D eigenvalue weighted by molar-refractivity contribution is 6.20. The summed E-state index contributed by atoms with van der Waals surface area (Å²) >= 11 is 0. The van der Waals surface area contributed by atoms with E-state index in [1.54, 1.807) is 0 Å². The van der Waals surface area contributed by atoms with Crippen molar-refractivity contribution in [2.24, 2.45) is 0 Å². The minimum absolute atomic E-state index is 0.00639. The summed E-state index contributed by atoms with van der Waals surface area (Å²) in [5.41, 5.74) is -0.187. The first-order valence-electron chi connectivity index (χ1n) is 4.97. The van der Waals surface area contributed by atoms with Crippen LogP contribution in [0.15, 0.2) is 30.9 Å². The first-order chi connectivity index (χ1) is 8.56. The van der Waals surface area contributed by atoms with Gasteiger partial charge in [0.25, 0.3) is 17.5 Å². The van der Waals surface area contributed by atoms with E-state index in [2.05, 4.69) is 6.58 Å². The second-order valence-corrected chi connectivity index (χ2v) is 3.48. The predicted octanol–water partition coefficient (Wildman–Crippen LogP) is 1.31. The summed E-state index contributed by atoms with van der Waals surface area (Å²) in [6.45, 7) is 3.39. The van der Waals surface area contributed by atoms with Crippen LogP contribution in [0.4, 0.5) is 5.69 Å². The number of hydroxylamine groups is 2. The van der Waals surface area contributed by atoms with Crippen LogP contribution in [0.5, 0.6) is 0 Å². The molecule has 0 aliphatic carbocycles. The minimum Gasteiger partial charge on any atom is -0.266 e. The van der Waals surface area contributed by atoms with Gasteiger partial charge in [0.1, 0.15) is 0 Å². The van der Waals surface area contributed by atoms with Crippen molar-refractivity contribution < 1.29 is 19.3 Å². The Morgan fingerprint density at radius 2 is 2.00 bits per heavy atom. The molecule has 7 heteroatoms. The number of hydrogen-bond acceptors (Lipinski definition) is 5. The van der Waals surface area contributed by atoms with Crippen LogP contribution in [0.25, 0.3) is 0 Å². The van der Waals surface area contributed by atoms with Crippen molar-refractivity contribution in [1.82, 2.24) is 5.06 Å². The van der Waals surface area contributed by atoms with E-state index in [1.807, 2.05) is 0 Å². The number of fused-ring (bicyclic) bond motifs is 1. The number of amides is 2. The zero-order valence-electron chi connectivity index (χ0n) is 9.16. The molecule has 92 valence electrons. The third-order valence-corrected chi connectivity index (χ3v) is 2.37. The van der Waals surface area contributed by atoms with E-state index in [9.17, 15) is 19.7 Å². The number of rotatable bonds is 4. The Balaban J connectivity index is 2.39. The highest BCUT2D eigenvalue weighted by Gasteiger charge is 2.37. The highest BCUT2D eigenvalue weighted by atomic mass is 16.7. The summed E-state index contributed by atoms with van der Waals surface area (Å²) in [5, 5.41) is 11.2. The molecular weight excluding hydrogens is 240 g/mol. The molecule has 0 aromatic heterocycles. The smallest absolute Gasteiger partial charge is 0.266 e. The second kappa shape index (κ2) is 4.38. The maximum Gasteiger partial charge on any atom is 0.286 e. The molecule has 1 aliphatic heterocycles. The Morgan fingerprint density at radius 3 is 2.61 bits per heavy atom. The highest BCUT2D eigenvalue weighted by Crippen LogP contribution is 2.26. The van der Waals surface area contributed by atoms with Crippen LogP contribution >= 0.6 is 0 Å². The average Bonchev–Trinajstić information content (AvgIpc) is 2.59. The van der Waals surface area contributed by atoms with Gasteiger partial charge in [0, 0.05) is 12.1 Å². The van der Waals surface area contributed by atoms with E-state index in [0.29, 0.717) is 5.06 Å². The molecule has 0 unspecified atom stereocenters. The number of nitro groups is 1. The SMILES string of the molecule is C=CCON1C(=O)c2ccc([N+](=O)[O-])cc2C1=O. The lowest BCUT2D eigenvalue weighted by Gasteiger charge is -2.10. The van der Waals surface area contributed by atoms with Gasteiger partial charge in [-0.15, -0.1) is 11.6 Å². The molecule has 0 fully saturated rings. The number of hydrogen-bond donors (Lipinski definition) is 0. The Kier molecular flexibility index (Phi) is 2.90. The van der Waals surface area contributed by atoms with Crippen LogP contribution in [0, 0.1) is 10.1 Å². The summed E-state index contributed by atoms with van der Waals surface area (Å²) < 4.78 is 0. The molecule has 2 amide bonds. The third kappa shape index (κ3) is 1.76. The van der Waals surface area contributed by atoms with Crippen LogP contribution in [-0.2, 0) is 4.84 Å². The molecule has 0 saturated heterocycles. The molecule has 7 nitrogen and oxygen atoms in total. The number of carbonyl (C=O) groups excluding carboxylic acids is 2. The van der Waals surface area contributed by atoms with E-state index < -0.39 is 16.7 Å². The maximum atomic E-state index is 11.8. The average molecular weight is 248 g/mol. The van der Waals surface area contributed by atoms with Crippen molar-refractivity contribution in [1.29, 1.82) is 0 Å². The predicted molar refractivity (Wildman–Crippen MR) is 59.7 cm³/mol. The van der Waals surface area contributed by atoms with E-state index in [1.165, 1.54) is 18.2 Å². The molecule has 1 aromatic carbocycles. The Labute approximate surface area is 101 Å². The van der Waals surface area contributed by atoms with Gasteiger partial charge in [-0.25, -0.2) is 0 Å². The van der Waals surface area contributed by atoms with Crippen LogP contribution in [0.1, 0.15) is 20.7 Å².